The van der Waals surface area contributed by atoms with Crippen LogP contribution in [0.1, 0.15) is 23.7 Å². The number of carbonyl (C=O) groups is 1. The molecule has 0 saturated carbocycles. The Kier molecular flexibility index (Phi) is 5.57. The summed E-state index contributed by atoms with van der Waals surface area (Å²) in [6.07, 6.45) is 7.84. The van der Waals surface area contributed by atoms with Crippen LogP contribution in [0, 0.1) is 0 Å². The Morgan fingerprint density at radius 1 is 1.14 bits per heavy atom. The van der Waals surface area contributed by atoms with Crippen LogP contribution in [0.2, 0.25) is 5.02 Å². The molecule has 7 nitrogen and oxygen atoms in total. The van der Waals surface area contributed by atoms with E-state index in [1.165, 1.54) is 0 Å². The molecule has 0 fully saturated rings. The molecule has 29 heavy (non-hydrogen) atoms. The molecule has 1 N–H and O–H groups in total. The lowest BCUT2D eigenvalue weighted by Crippen LogP contribution is -2.25. The van der Waals surface area contributed by atoms with Crippen LogP contribution in [0.5, 0.6) is 0 Å². The van der Waals surface area contributed by atoms with Gasteiger partial charge in [0.2, 0.25) is 0 Å². The van der Waals surface area contributed by atoms with Gasteiger partial charge in [-0.1, -0.05) is 29.8 Å². The Balaban J connectivity index is 1.53. The van der Waals surface area contributed by atoms with Crippen molar-refractivity contribution in [3.63, 3.8) is 0 Å². The summed E-state index contributed by atoms with van der Waals surface area (Å²) in [6, 6.07) is 9.51. The molecule has 148 valence electrons. The zero-order valence-corrected chi connectivity index (χ0v) is 16.8. The second-order valence-corrected chi connectivity index (χ2v) is 7.12. The van der Waals surface area contributed by atoms with E-state index in [9.17, 15) is 4.79 Å². The lowest BCUT2D eigenvalue weighted by Gasteiger charge is -2.10. The van der Waals surface area contributed by atoms with Gasteiger partial charge in [0.15, 0.2) is 0 Å². The number of nitrogens with one attached hydrogen (secondary N) is 1. The number of para-hydroxylation sites is 1. The van der Waals surface area contributed by atoms with Crippen LogP contribution in [0.4, 0.5) is 0 Å². The minimum absolute atomic E-state index is 0.119. The van der Waals surface area contributed by atoms with Crippen molar-refractivity contribution in [3.8, 4) is 11.3 Å². The quantitative estimate of drug-likeness (QED) is 0.472. The molecule has 1 amide bonds. The van der Waals surface area contributed by atoms with Crippen molar-refractivity contribution in [1.29, 1.82) is 0 Å². The second-order valence-electron chi connectivity index (χ2n) is 6.69. The van der Waals surface area contributed by atoms with Crippen molar-refractivity contribution in [2.24, 2.45) is 0 Å². The Labute approximate surface area is 173 Å². The average molecular weight is 409 g/mol. The number of rotatable bonds is 7. The molecular formula is C21H21ClN6O. The van der Waals surface area contributed by atoms with Gasteiger partial charge in [0, 0.05) is 43.0 Å². The molecule has 0 radical (unpaired) electrons. The predicted octanol–water partition coefficient (Wildman–Crippen LogP) is 3.79. The van der Waals surface area contributed by atoms with Gasteiger partial charge in [0.05, 0.1) is 34.2 Å². The summed E-state index contributed by atoms with van der Waals surface area (Å²) in [7, 11) is 0. The summed E-state index contributed by atoms with van der Waals surface area (Å²) in [4.78, 5) is 17.6. The van der Waals surface area contributed by atoms with Gasteiger partial charge in [0.1, 0.15) is 0 Å². The van der Waals surface area contributed by atoms with Crippen LogP contribution < -0.4 is 5.32 Å². The molecule has 0 spiro atoms. The molecule has 0 aliphatic carbocycles. The molecule has 0 aliphatic rings. The van der Waals surface area contributed by atoms with Gasteiger partial charge in [-0.15, -0.1) is 0 Å². The minimum Gasteiger partial charge on any atom is -0.352 e. The molecule has 0 aliphatic heterocycles. The topological polar surface area (TPSA) is 77.6 Å². The van der Waals surface area contributed by atoms with Crippen molar-refractivity contribution in [3.05, 3.63) is 65.7 Å². The van der Waals surface area contributed by atoms with E-state index in [1.807, 2.05) is 48.1 Å². The molecule has 3 heterocycles. The van der Waals surface area contributed by atoms with Crippen LogP contribution in [0.3, 0.4) is 0 Å². The van der Waals surface area contributed by atoms with Crippen molar-refractivity contribution in [2.45, 2.75) is 26.4 Å². The lowest BCUT2D eigenvalue weighted by atomic mass is 10.0. The summed E-state index contributed by atoms with van der Waals surface area (Å²) in [6.45, 7) is 4.03. The van der Waals surface area contributed by atoms with E-state index in [1.54, 1.807) is 23.3 Å². The van der Waals surface area contributed by atoms with Crippen molar-refractivity contribution >= 4 is 28.4 Å². The first-order valence-corrected chi connectivity index (χ1v) is 9.90. The number of carbonyl (C=O) groups excluding carboxylic acids is 1. The third kappa shape index (κ3) is 4.30. The molecule has 4 aromatic rings. The van der Waals surface area contributed by atoms with Crippen LogP contribution in [-0.2, 0) is 13.1 Å². The highest BCUT2D eigenvalue weighted by Gasteiger charge is 2.14. The van der Waals surface area contributed by atoms with E-state index in [-0.39, 0.29) is 5.91 Å². The molecule has 1 aromatic carbocycles. The monoisotopic (exact) mass is 408 g/mol. The molecule has 0 unspecified atom stereocenters. The smallest absolute Gasteiger partial charge is 0.252 e. The fourth-order valence-electron chi connectivity index (χ4n) is 3.18. The van der Waals surface area contributed by atoms with E-state index >= 15 is 0 Å². The van der Waals surface area contributed by atoms with E-state index in [0.29, 0.717) is 23.7 Å². The van der Waals surface area contributed by atoms with Gasteiger partial charge in [-0.25, -0.2) is 4.98 Å². The molecule has 8 heteroatoms. The standard InChI is InChI=1S/C21H21ClN6O/c1-2-27-13-15(11-24-27)20-10-18(17-6-3-4-7-19(17)26-20)21(29)23-8-5-9-28-14-16(22)12-25-28/h3-4,6-7,10-14H,2,5,8-9H2,1H3,(H,23,29). The number of benzene rings is 1. The number of fused-ring (bicyclic) bond motifs is 1. The van der Waals surface area contributed by atoms with Crippen molar-refractivity contribution in [1.82, 2.24) is 29.9 Å². The van der Waals surface area contributed by atoms with Crippen LogP contribution in [0.25, 0.3) is 22.2 Å². The highest BCUT2D eigenvalue weighted by Crippen LogP contribution is 2.24. The van der Waals surface area contributed by atoms with Gasteiger partial charge < -0.3 is 5.32 Å². The van der Waals surface area contributed by atoms with Crippen LogP contribution >= 0.6 is 11.6 Å². The summed E-state index contributed by atoms with van der Waals surface area (Å²) >= 11 is 5.87. The number of amides is 1. The van der Waals surface area contributed by atoms with Gasteiger partial charge in [-0.2, -0.15) is 10.2 Å². The first kappa shape index (κ1) is 19.1. The minimum atomic E-state index is -0.119. The number of halogens is 1. The van der Waals surface area contributed by atoms with Crippen LogP contribution in [-0.4, -0.2) is 37.0 Å². The summed E-state index contributed by atoms with van der Waals surface area (Å²) in [5.74, 6) is -0.119. The molecule has 0 atom stereocenters. The van der Waals surface area contributed by atoms with E-state index in [4.69, 9.17) is 16.6 Å². The Morgan fingerprint density at radius 2 is 1.97 bits per heavy atom. The number of pyridine rings is 1. The molecular weight excluding hydrogens is 388 g/mol. The van der Waals surface area contributed by atoms with E-state index < -0.39 is 0 Å². The predicted molar refractivity (Wildman–Crippen MR) is 113 cm³/mol. The van der Waals surface area contributed by atoms with Gasteiger partial charge in [-0.3, -0.25) is 14.2 Å². The first-order valence-electron chi connectivity index (χ1n) is 9.53. The summed E-state index contributed by atoms with van der Waals surface area (Å²) < 4.78 is 3.60. The zero-order valence-electron chi connectivity index (χ0n) is 16.0. The van der Waals surface area contributed by atoms with Gasteiger partial charge in [-0.05, 0) is 25.5 Å². The van der Waals surface area contributed by atoms with Crippen molar-refractivity contribution in [2.75, 3.05) is 6.54 Å². The van der Waals surface area contributed by atoms with Crippen LogP contribution in [0.15, 0.2) is 55.1 Å². The number of aryl methyl sites for hydroxylation is 2. The number of hydrogen-bond acceptors (Lipinski definition) is 4. The number of nitrogens with zero attached hydrogens (tertiary/aromatic N) is 5. The normalized spacial score (nSPS) is 11.1. The average Bonchev–Trinajstić information content (AvgIpc) is 3.39. The SMILES string of the molecule is CCn1cc(-c2cc(C(=O)NCCCn3cc(Cl)cn3)c3ccccc3n2)cn1. The highest BCUT2D eigenvalue weighted by atomic mass is 35.5. The molecule has 0 saturated heterocycles. The van der Waals surface area contributed by atoms with Gasteiger partial charge in [0.25, 0.3) is 5.91 Å². The maximum atomic E-state index is 12.9. The second kappa shape index (κ2) is 8.45. The number of hydrogen-bond donors (Lipinski definition) is 1. The van der Waals surface area contributed by atoms with Crippen molar-refractivity contribution < 1.29 is 4.79 Å². The molecule has 0 bridgehead atoms. The van der Waals surface area contributed by atoms with Gasteiger partial charge >= 0.3 is 0 Å². The maximum absolute atomic E-state index is 12.9. The summed E-state index contributed by atoms with van der Waals surface area (Å²) in [5.41, 5.74) is 3.02. The molecule has 4 rings (SSSR count). The Bertz CT molecular complexity index is 1150. The fraction of sp³-hybridized carbons (Fsp3) is 0.238. The molecule has 3 aromatic heterocycles. The third-order valence-electron chi connectivity index (χ3n) is 4.67. The van der Waals surface area contributed by atoms with E-state index in [2.05, 4.69) is 15.5 Å². The largest absolute Gasteiger partial charge is 0.352 e. The zero-order chi connectivity index (χ0) is 20.2. The fourth-order valence-corrected chi connectivity index (χ4v) is 3.34. The lowest BCUT2D eigenvalue weighted by molar-refractivity contribution is 0.0954. The highest BCUT2D eigenvalue weighted by molar-refractivity contribution is 6.30. The third-order valence-corrected chi connectivity index (χ3v) is 4.86. The van der Waals surface area contributed by atoms with E-state index in [0.717, 1.165) is 35.1 Å². The Morgan fingerprint density at radius 3 is 2.72 bits per heavy atom. The Hall–Kier alpha value is -3.19. The summed E-state index contributed by atoms with van der Waals surface area (Å²) in [5, 5.41) is 12.9. The number of aromatic nitrogens is 5. The first-order chi connectivity index (χ1) is 14.1. The maximum Gasteiger partial charge on any atom is 0.252 e.